The van der Waals surface area contributed by atoms with Crippen LogP contribution in [-0.2, 0) is 4.79 Å². The van der Waals surface area contributed by atoms with Gasteiger partial charge in [-0.3, -0.25) is 9.59 Å². The van der Waals surface area contributed by atoms with Crippen molar-refractivity contribution < 1.29 is 14.8 Å². The Morgan fingerprint density at radius 1 is 1.43 bits per heavy atom. The van der Waals surface area contributed by atoms with Crippen molar-refractivity contribution in [2.45, 2.75) is 19.4 Å². The third kappa shape index (κ3) is 3.50. The molecular weight excluding hydrogens is 272 g/mol. The van der Waals surface area contributed by atoms with Crippen LogP contribution in [0.2, 0.25) is 0 Å². The maximum absolute atomic E-state index is 12.4. The van der Waals surface area contributed by atoms with E-state index in [1.54, 1.807) is 29.2 Å². The normalized spacial score (nSPS) is 18.6. The van der Waals surface area contributed by atoms with Gasteiger partial charge in [-0.25, -0.2) is 0 Å². The molecule has 1 aliphatic rings. The molecule has 1 fully saturated rings. The molecule has 0 radical (unpaired) electrons. The number of amides is 2. The number of carbonyl (C=O) groups is 2. The van der Waals surface area contributed by atoms with Crippen molar-refractivity contribution in [3.8, 4) is 0 Å². The second-order valence-corrected chi connectivity index (χ2v) is 5.00. The van der Waals surface area contributed by atoms with Crippen molar-refractivity contribution in [2.75, 3.05) is 13.1 Å². The Morgan fingerprint density at radius 3 is 2.81 bits per heavy atom. The van der Waals surface area contributed by atoms with Crippen molar-refractivity contribution in [3.05, 3.63) is 35.4 Å². The van der Waals surface area contributed by atoms with Gasteiger partial charge in [0.25, 0.3) is 5.91 Å². The van der Waals surface area contributed by atoms with Crippen molar-refractivity contribution in [3.63, 3.8) is 0 Å². The fourth-order valence-electron chi connectivity index (χ4n) is 2.40. The second kappa shape index (κ2) is 6.25. The number of nitrogens with two attached hydrogens (primary N) is 1. The summed E-state index contributed by atoms with van der Waals surface area (Å²) < 4.78 is 0. The number of likely N-dealkylation sites (tertiary alicyclic amines) is 1. The third-order valence-electron chi connectivity index (χ3n) is 3.40. The number of amidine groups is 1. The molecule has 0 saturated carbocycles. The first-order chi connectivity index (χ1) is 10.0. The summed E-state index contributed by atoms with van der Waals surface area (Å²) in [7, 11) is 0. The van der Waals surface area contributed by atoms with E-state index in [9.17, 15) is 9.59 Å². The first kappa shape index (κ1) is 14.8. The SMILES string of the molecule is CC(=O)NC1CCN(C(=O)c2cccc(/C(N)=N/O)c2)C1. The van der Waals surface area contributed by atoms with Gasteiger partial charge in [-0.15, -0.1) is 0 Å². The van der Waals surface area contributed by atoms with Crippen LogP contribution in [0, 0.1) is 0 Å². The Balaban J connectivity index is 2.09. The molecule has 2 amide bonds. The maximum atomic E-state index is 12.4. The summed E-state index contributed by atoms with van der Waals surface area (Å²) in [5, 5.41) is 14.4. The summed E-state index contributed by atoms with van der Waals surface area (Å²) in [5.74, 6) is -0.263. The molecule has 0 aliphatic carbocycles. The van der Waals surface area contributed by atoms with Crippen LogP contribution in [0.4, 0.5) is 0 Å². The van der Waals surface area contributed by atoms with Gasteiger partial charge in [0.1, 0.15) is 0 Å². The minimum Gasteiger partial charge on any atom is -0.409 e. The summed E-state index contributed by atoms with van der Waals surface area (Å²) in [6.07, 6.45) is 0.741. The van der Waals surface area contributed by atoms with Gasteiger partial charge in [0.2, 0.25) is 5.91 Å². The minimum atomic E-state index is -0.129. The van der Waals surface area contributed by atoms with Crippen LogP contribution in [0.25, 0.3) is 0 Å². The summed E-state index contributed by atoms with van der Waals surface area (Å²) in [6, 6.07) is 6.61. The molecule has 1 atom stereocenters. The van der Waals surface area contributed by atoms with Gasteiger partial charge in [-0.1, -0.05) is 17.3 Å². The highest BCUT2D eigenvalue weighted by Gasteiger charge is 2.27. The number of hydrogen-bond donors (Lipinski definition) is 3. The molecule has 112 valence electrons. The predicted molar refractivity (Wildman–Crippen MR) is 77.1 cm³/mol. The number of rotatable bonds is 3. The Bertz CT molecular complexity index is 585. The van der Waals surface area contributed by atoms with Gasteiger partial charge >= 0.3 is 0 Å². The molecule has 1 saturated heterocycles. The lowest BCUT2D eigenvalue weighted by molar-refractivity contribution is -0.119. The van der Waals surface area contributed by atoms with Crippen LogP contribution in [0.1, 0.15) is 29.3 Å². The van der Waals surface area contributed by atoms with E-state index in [1.807, 2.05) is 0 Å². The van der Waals surface area contributed by atoms with E-state index in [4.69, 9.17) is 10.9 Å². The highest BCUT2D eigenvalue weighted by atomic mass is 16.4. The lowest BCUT2D eigenvalue weighted by Crippen LogP contribution is -2.37. The molecule has 1 aromatic carbocycles. The highest BCUT2D eigenvalue weighted by Crippen LogP contribution is 2.15. The molecule has 1 unspecified atom stereocenters. The van der Waals surface area contributed by atoms with Crippen LogP contribution in [0.3, 0.4) is 0 Å². The van der Waals surface area contributed by atoms with Crippen molar-refractivity contribution in [2.24, 2.45) is 10.9 Å². The van der Waals surface area contributed by atoms with Crippen LogP contribution in [0.5, 0.6) is 0 Å². The first-order valence-electron chi connectivity index (χ1n) is 6.65. The number of nitrogens with zero attached hydrogens (tertiary/aromatic N) is 2. The molecule has 1 aromatic rings. The quantitative estimate of drug-likeness (QED) is 0.318. The van der Waals surface area contributed by atoms with Crippen LogP contribution >= 0.6 is 0 Å². The van der Waals surface area contributed by atoms with Crippen molar-refractivity contribution in [1.29, 1.82) is 0 Å². The second-order valence-electron chi connectivity index (χ2n) is 5.00. The molecule has 0 bridgehead atoms. The van der Waals surface area contributed by atoms with E-state index in [0.29, 0.717) is 24.2 Å². The Morgan fingerprint density at radius 2 is 2.14 bits per heavy atom. The fraction of sp³-hybridized carbons (Fsp3) is 0.357. The Hall–Kier alpha value is -2.57. The molecule has 4 N–H and O–H groups in total. The van der Waals surface area contributed by atoms with Gasteiger partial charge in [0.15, 0.2) is 5.84 Å². The summed E-state index contributed by atoms with van der Waals surface area (Å²) in [6.45, 7) is 2.55. The van der Waals surface area contributed by atoms with Crippen LogP contribution < -0.4 is 11.1 Å². The smallest absolute Gasteiger partial charge is 0.253 e. The molecule has 7 heteroatoms. The molecule has 1 aliphatic heterocycles. The molecule has 2 rings (SSSR count). The Kier molecular flexibility index (Phi) is 4.42. The average Bonchev–Trinajstić information content (AvgIpc) is 2.93. The standard InChI is InChI=1S/C14H18N4O3/c1-9(19)16-12-5-6-18(8-12)14(20)11-4-2-3-10(7-11)13(15)17-21/h2-4,7,12,21H,5-6,8H2,1H3,(H2,15,17)(H,16,19). The minimum absolute atomic E-state index is 0.00120. The highest BCUT2D eigenvalue weighted by molar-refractivity contribution is 6.01. The molecule has 0 spiro atoms. The zero-order chi connectivity index (χ0) is 15.4. The average molecular weight is 290 g/mol. The molecule has 1 heterocycles. The zero-order valence-electron chi connectivity index (χ0n) is 11.7. The number of nitrogens with one attached hydrogen (secondary N) is 1. The van der Waals surface area contributed by atoms with Gasteiger partial charge in [0, 0.05) is 37.2 Å². The third-order valence-corrected chi connectivity index (χ3v) is 3.40. The van der Waals surface area contributed by atoms with E-state index in [-0.39, 0.29) is 23.7 Å². The fourth-order valence-corrected chi connectivity index (χ4v) is 2.40. The topological polar surface area (TPSA) is 108 Å². The number of benzene rings is 1. The van der Waals surface area contributed by atoms with Crippen molar-refractivity contribution >= 4 is 17.6 Å². The zero-order valence-corrected chi connectivity index (χ0v) is 11.7. The summed E-state index contributed by atoms with van der Waals surface area (Å²) in [4.78, 5) is 25.1. The van der Waals surface area contributed by atoms with Gasteiger partial charge in [0.05, 0.1) is 0 Å². The van der Waals surface area contributed by atoms with Crippen LogP contribution in [0.15, 0.2) is 29.4 Å². The van der Waals surface area contributed by atoms with Gasteiger partial charge in [-0.2, -0.15) is 0 Å². The molecule has 0 aromatic heterocycles. The van der Waals surface area contributed by atoms with E-state index in [2.05, 4.69) is 10.5 Å². The lowest BCUT2D eigenvalue weighted by Gasteiger charge is -2.17. The molecule has 21 heavy (non-hydrogen) atoms. The van der Waals surface area contributed by atoms with Crippen LogP contribution in [-0.4, -0.2) is 46.9 Å². The lowest BCUT2D eigenvalue weighted by atomic mass is 10.1. The first-order valence-corrected chi connectivity index (χ1v) is 6.65. The van der Waals surface area contributed by atoms with Gasteiger partial charge < -0.3 is 21.2 Å². The molecule has 7 nitrogen and oxygen atoms in total. The largest absolute Gasteiger partial charge is 0.409 e. The maximum Gasteiger partial charge on any atom is 0.253 e. The van der Waals surface area contributed by atoms with E-state index < -0.39 is 0 Å². The number of oxime groups is 1. The number of carbonyl (C=O) groups excluding carboxylic acids is 2. The van der Waals surface area contributed by atoms with E-state index >= 15 is 0 Å². The summed E-state index contributed by atoms with van der Waals surface area (Å²) in [5.41, 5.74) is 6.48. The molecular formula is C14H18N4O3. The van der Waals surface area contributed by atoms with Gasteiger partial charge in [-0.05, 0) is 18.6 Å². The van der Waals surface area contributed by atoms with E-state index in [0.717, 1.165) is 6.42 Å². The van der Waals surface area contributed by atoms with Crippen molar-refractivity contribution in [1.82, 2.24) is 10.2 Å². The monoisotopic (exact) mass is 290 g/mol. The van der Waals surface area contributed by atoms with E-state index in [1.165, 1.54) is 6.92 Å². The Labute approximate surface area is 122 Å². The summed E-state index contributed by atoms with van der Waals surface area (Å²) >= 11 is 0. The number of hydrogen-bond acceptors (Lipinski definition) is 4. The predicted octanol–water partition coefficient (Wildman–Crippen LogP) is 0.132.